The van der Waals surface area contributed by atoms with Gasteiger partial charge in [0, 0.05) is 18.5 Å². The van der Waals surface area contributed by atoms with Crippen LogP contribution in [0.2, 0.25) is 0 Å². The molecule has 0 aliphatic carbocycles. The molecule has 1 aromatic heterocycles. The summed E-state index contributed by atoms with van der Waals surface area (Å²) in [4.78, 5) is 2.74. The molecule has 2 aliphatic heterocycles. The Labute approximate surface area is 141 Å². The molecule has 1 atom stereocenters. The highest BCUT2D eigenvalue weighted by Crippen LogP contribution is 2.44. The van der Waals surface area contributed by atoms with Gasteiger partial charge in [0.1, 0.15) is 0 Å². The molecule has 2 aliphatic rings. The number of aromatic nitrogens is 1. The highest BCUT2D eigenvalue weighted by Gasteiger charge is 2.40. The van der Waals surface area contributed by atoms with Crippen molar-refractivity contribution in [2.45, 2.75) is 23.8 Å². The van der Waals surface area contributed by atoms with Crippen LogP contribution in [0.4, 0.5) is 0 Å². The summed E-state index contributed by atoms with van der Waals surface area (Å²) in [6, 6.07) is 16.9. The monoisotopic (exact) mass is 338 g/mol. The van der Waals surface area contributed by atoms with Crippen LogP contribution < -0.4 is 0 Å². The first-order valence-electron chi connectivity index (χ1n) is 8.35. The van der Waals surface area contributed by atoms with Gasteiger partial charge in [-0.05, 0) is 36.6 Å². The molecule has 0 spiro atoms. The van der Waals surface area contributed by atoms with E-state index in [1.807, 2.05) is 24.3 Å². The molecule has 0 N–H and O–H groups in total. The molecule has 0 radical (unpaired) electrons. The normalized spacial score (nSPS) is 20.4. The highest BCUT2D eigenvalue weighted by molar-refractivity contribution is 7.90. The summed E-state index contributed by atoms with van der Waals surface area (Å²) >= 11 is 0. The second-order valence-electron chi connectivity index (χ2n) is 6.55. The number of hydrogen-bond donors (Lipinski definition) is 0. The van der Waals surface area contributed by atoms with Crippen LogP contribution in [0.3, 0.4) is 0 Å². The lowest BCUT2D eigenvalue weighted by molar-refractivity contribution is 0.0775. The topological polar surface area (TPSA) is 42.3 Å². The molecule has 0 saturated carbocycles. The molecule has 2 aromatic carbocycles. The summed E-state index contributed by atoms with van der Waals surface area (Å²) in [5.74, 6) is 0. The Morgan fingerprint density at radius 2 is 1.67 bits per heavy atom. The van der Waals surface area contributed by atoms with Crippen LogP contribution in [-0.2, 0) is 16.4 Å². The van der Waals surface area contributed by atoms with E-state index in [4.69, 9.17) is 0 Å². The molecule has 1 unspecified atom stereocenters. The molecule has 3 heterocycles. The van der Waals surface area contributed by atoms with Crippen molar-refractivity contribution in [2.24, 2.45) is 0 Å². The number of hydrogen-bond acceptors (Lipinski definition) is 3. The van der Waals surface area contributed by atoms with E-state index in [0.717, 1.165) is 42.5 Å². The zero-order valence-electron chi connectivity index (χ0n) is 13.2. The Balaban J connectivity index is 1.86. The highest BCUT2D eigenvalue weighted by atomic mass is 32.2. The number of para-hydroxylation sites is 1. The number of benzene rings is 2. The molecule has 1 saturated heterocycles. The summed E-state index contributed by atoms with van der Waals surface area (Å²) in [7, 11) is -3.60. The van der Waals surface area contributed by atoms with E-state index in [0.29, 0.717) is 4.90 Å². The molecule has 1 fully saturated rings. The van der Waals surface area contributed by atoms with Crippen molar-refractivity contribution in [3.8, 4) is 0 Å². The van der Waals surface area contributed by atoms with Crippen LogP contribution in [0.25, 0.3) is 10.9 Å². The van der Waals surface area contributed by atoms with E-state index >= 15 is 0 Å². The van der Waals surface area contributed by atoms with E-state index in [2.05, 4.69) is 11.0 Å². The summed E-state index contributed by atoms with van der Waals surface area (Å²) in [5, 5.41) is 1.08. The van der Waals surface area contributed by atoms with Crippen molar-refractivity contribution in [3.05, 3.63) is 65.9 Å². The molecular formula is C19H18N2O2S. The lowest BCUT2D eigenvalue weighted by Gasteiger charge is -2.44. The van der Waals surface area contributed by atoms with E-state index in [9.17, 15) is 8.42 Å². The number of nitrogens with zero attached hydrogens (tertiary/aromatic N) is 2. The zero-order chi connectivity index (χ0) is 16.3. The maximum atomic E-state index is 13.4. The fourth-order valence-electron chi connectivity index (χ4n) is 4.13. The van der Waals surface area contributed by atoms with Gasteiger partial charge >= 0.3 is 0 Å². The van der Waals surface area contributed by atoms with Crippen molar-refractivity contribution in [1.29, 1.82) is 0 Å². The minimum Gasteiger partial charge on any atom is -0.294 e. The van der Waals surface area contributed by atoms with Crippen molar-refractivity contribution in [1.82, 2.24) is 8.87 Å². The molecule has 0 amide bonds. The first-order chi connectivity index (χ1) is 11.7. The second kappa shape index (κ2) is 4.94. The molecule has 122 valence electrons. The van der Waals surface area contributed by atoms with Crippen LogP contribution in [0.5, 0.6) is 0 Å². The second-order valence-corrected chi connectivity index (χ2v) is 8.34. The SMILES string of the molecule is O=S(=O)(c1ccccc1)n1c2c(c3ccccc31)CCN1CCC21. The van der Waals surface area contributed by atoms with Gasteiger partial charge < -0.3 is 0 Å². The summed E-state index contributed by atoms with van der Waals surface area (Å²) in [6.07, 6.45) is 1.96. The smallest absolute Gasteiger partial charge is 0.268 e. The van der Waals surface area contributed by atoms with Gasteiger partial charge in [0.2, 0.25) is 0 Å². The van der Waals surface area contributed by atoms with Crippen LogP contribution in [0.1, 0.15) is 23.7 Å². The average Bonchev–Trinajstić information content (AvgIpc) is 2.90. The molecule has 0 bridgehead atoms. The van der Waals surface area contributed by atoms with Gasteiger partial charge in [0.25, 0.3) is 10.0 Å². The third kappa shape index (κ3) is 1.79. The molecule has 3 aromatic rings. The van der Waals surface area contributed by atoms with Crippen LogP contribution in [0, 0.1) is 0 Å². The minimum atomic E-state index is -3.60. The predicted octanol–water partition coefficient (Wildman–Crippen LogP) is 3.18. The van der Waals surface area contributed by atoms with Gasteiger partial charge in [-0.3, -0.25) is 4.90 Å². The van der Waals surface area contributed by atoms with Gasteiger partial charge in [0.05, 0.1) is 22.1 Å². The van der Waals surface area contributed by atoms with Crippen molar-refractivity contribution >= 4 is 20.9 Å². The average molecular weight is 338 g/mol. The van der Waals surface area contributed by atoms with Gasteiger partial charge in [0.15, 0.2) is 0 Å². The van der Waals surface area contributed by atoms with Crippen molar-refractivity contribution in [2.75, 3.05) is 13.1 Å². The lowest BCUT2D eigenvalue weighted by Crippen LogP contribution is -2.46. The van der Waals surface area contributed by atoms with Crippen LogP contribution >= 0.6 is 0 Å². The van der Waals surface area contributed by atoms with Crippen molar-refractivity contribution < 1.29 is 8.42 Å². The Morgan fingerprint density at radius 1 is 0.917 bits per heavy atom. The minimum absolute atomic E-state index is 0.236. The molecule has 4 nitrogen and oxygen atoms in total. The Kier molecular flexibility index (Phi) is 2.94. The van der Waals surface area contributed by atoms with E-state index < -0.39 is 10.0 Å². The quantitative estimate of drug-likeness (QED) is 0.721. The molecule has 24 heavy (non-hydrogen) atoms. The molecule has 5 heteroatoms. The number of fused-ring (bicyclic) bond motifs is 5. The first-order valence-corrected chi connectivity index (χ1v) is 9.79. The van der Waals surface area contributed by atoms with E-state index in [1.165, 1.54) is 5.56 Å². The van der Waals surface area contributed by atoms with Gasteiger partial charge in [-0.15, -0.1) is 0 Å². The van der Waals surface area contributed by atoms with Gasteiger partial charge in [-0.2, -0.15) is 0 Å². The van der Waals surface area contributed by atoms with Gasteiger partial charge in [-0.25, -0.2) is 12.4 Å². The zero-order valence-corrected chi connectivity index (χ0v) is 14.0. The maximum Gasteiger partial charge on any atom is 0.268 e. The summed E-state index contributed by atoms with van der Waals surface area (Å²) in [5.41, 5.74) is 3.00. The lowest BCUT2D eigenvalue weighted by atomic mass is 9.90. The standard InChI is InChI=1S/C19H18N2O2S/c22-24(23,14-6-2-1-3-7-14)21-17-9-5-4-8-15(17)16-10-12-20-13-11-18(20)19(16)21/h1-9,18H,10-13H2. The van der Waals surface area contributed by atoms with Crippen LogP contribution in [0.15, 0.2) is 59.5 Å². The van der Waals surface area contributed by atoms with Gasteiger partial charge in [-0.1, -0.05) is 36.4 Å². The maximum absolute atomic E-state index is 13.4. The summed E-state index contributed by atoms with van der Waals surface area (Å²) in [6.45, 7) is 2.09. The molecular weight excluding hydrogens is 320 g/mol. The number of rotatable bonds is 2. The van der Waals surface area contributed by atoms with E-state index in [1.54, 1.807) is 28.2 Å². The van der Waals surface area contributed by atoms with Crippen molar-refractivity contribution in [3.63, 3.8) is 0 Å². The Hall–Kier alpha value is -2.11. The first kappa shape index (κ1) is 14.3. The fraction of sp³-hybridized carbons (Fsp3) is 0.263. The largest absolute Gasteiger partial charge is 0.294 e. The fourth-order valence-corrected chi connectivity index (χ4v) is 5.75. The predicted molar refractivity (Wildman–Crippen MR) is 93.6 cm³/mol. The third-order valence-corrected chi connectivity index (χ3v) is 7.09. The Bertz CT molecular complexity index is 1040. The summed E-state index contributed by atoms with van der Waals surface area (Å²) < 4.78 is 28.4. The Morgan fingerprint density at radius 3 is 2.42 bits per heavy atom. The van der Waals surface area contributed by atoms with E-state index in [-0.39, 0.29) is 6.04 Å². The third-order valence-electron chi connectivity index (χ3n) is 5.35. The molecule has 5 rings (SSSR count). The van der Waals surface area contributed by atoms with Crippen LogP contribution in [-0.4, -0.2) is 30.4 Å².